The lowest BCUT2D eigenvalue weighted by atomic mass is 10.3. The lowest BCUT2D eigenvalue weighted by Crippen LogP contribution is -2.39. The quantitative estimate of drug-likeness (QED) is 0.670. The summed E-state index contributed by atoms with van der Waals surface area (Å²) in [5, 5.41) is 0. The third-order valence-electron chi connectivity index (χ3n) is 1.25. The first-order valence-corrected chi connectivity index (χ1v) is 6.55. The van der Waals surface area contributed by atoms with Crippen LogP contribution in [0.4, 0.5) is 13.2 Å². The fourth-order valence-corrected chi connectivity index (χ4v) is 2.15. The van der Waals surface area contributed by atoms with Crippen molar-refractivity contribution in [3.8, 4) is 0 Å². The summed E-state index contributed by atoms with van der Waals surface area (Å²) in [5.74, 6) is -3.37. The third kappa shape index (κ3) is 4.42. The van der Waals surface area contributed by atoms with Crippen LogP contribution in [0.15, 0.2) is 0 Å². The highest BCUT2D eigenvalue weighted by atomic mass is 28.4. The molecule has 0 bridgehead atoms. The number of hydrogen-bond donors (Lipinski definition) is 1. The minimum atomic E-state index is -3.37. The summed E-state index contributed by atoms with van der Waals surface area (Å²) in [6.07, 6.45) is -2.18. The van der Waals surface area contributed by atoms with E-state index in [4.69, 9.17) is 4.80 Å². The van der Waals surface area contributed by atoms with Crippen molar-refractivity contribution in [3.05, 3.63) is 0 Å². The molecule has 1 atom stereocenters. The molecule has 0 aromatic rings. The van der Waals surface area contributed by atoms with Crippen LogP contribution in [0.2, 0.25) is 19.1 Å². The van der Waals surface area contributed by atoms with Gasteiger partial charge in [-0.3, -0.25) is 0 Å². The van der Waals surface area contributed by atoms with Gasteiger partial charge in [-0.15, -0.1) is 0 Å². The van der Waals surface area contributed by atoms with Crippen LogP contribution in [0.3, 0.4) is 0 Å². The van der Waals surface area contributed by atoms with Crippen LogP contribution in [0, 0.1) is 0 Å². The minimum absolute atomic E-state index is 0.711. The van der Waals surface area contributed by atoms with Gasteiger partial charge in [0.2, 0.25) is 0 Å². The second-order valence-electron chi connectivity index (χ2n) is 3.37. The molecule has 11 heavy (non-hydrogen) atoms. The largest absolute Gasteiger partial charge is 0.432 e. The molecule has 0 amide bonds. The molecule has 0 aromatic carbocycles. The van der Waals surface area contributed by atoms with Crippen molar-refractivity contribution in [2.24, 2.45) is 0 Å². The molecule has 0 radical (unpaired) electrons. The van der Waals surface area contributed by atoms with Gasteiger partial charge in [-0.25, -0.2) is 13.2 Å². The van der Waals surface area contributed by atoms with Gasteiger partial charge in [0.05, 0.1) is 0 Å². The van der Waals surface area contributed by atoms with E-state index in [0.717, 1.165) is 6.92 Å². The molecule has 1 unspecified atom stereocenters. The van der Waals surface area contributed by atoms with Crippen molar-refractivity contribution in [1.82, 2.24) is 0 Å². The summed E-state index contributed by atoms with van der Waals surface area (Å²) < 4.78 is 37.3. The molecule has 0 aromatic heterocycles. The van der Waals surface area contributed by atoms with Crippen LogP contribution >= 0.6 is 0 Å². The van der Waals surface area contributed by atoms with E-state index in [0.29, 0.717) is 0 Å². The molecule has 1 N–H and O–H groups in total. The Morgan fingerprint density at radius 3 is 1.91 bits per heavy atom. The van der Waals surface area contributed by atoms with Gasteiger partial charge in [0.25, 0.3) is 5.92 Å². The number of halogens is 3. The standard InChI is InChI=1S/C6H13F3OSi/c1-5(7)6(8,9)4-11(2,3)10/h5,10H,4H2,1-3H3. The summed E-state index contributed by atoms with van der Waals surface area (Å²) in [6, 6.07) is -0.711. The van der Waals surface area contributed by atoms with E-state index in [9.17, 15) is 13.2 Å². The second kappa shape index (κ2) is 3.14. The molecule has 0 saturated heterocycles. The summed E-state index contributed by atoms with van der Waals surface area (Å²) in [7, 11) is -2.85. The Balaban J connectivity index is 4.13. The highest BCUT2D eigenvalue weighted by molar-refractivity contribution is 6.70. The molecule has 0 aliphatic heterocycles. The van der Waals surface area contributed by atoms with Crippen molar-refractivity contribution >= 4 is 8.32 Å². The molecule has 0 rings (SSSR count). The predicted octanol–water partition coefficient (Wildman–Crippen LogP) is 2.18. The van der Waals surface area contributed by atoms with E-state index in [-0.39, 0.29) is 0 Å². The predicted molar refractivity (Wildman–Crippen MR) is 40.0 cm³/mol. The van der Waals surface area contributed by atoms with Crippen molar-refractivity contribution < 1.29 is 18.0 Å². The Bertz CT molecular complexity index is 130. The molecule has 0 fully saturated rings. The van der Waals surface area contributed by atoms with Crippen molar-refractivity contribution in [3.63, 3.8) is 0 Å². The first kappa shape index (κ1) is 11.0. The van der Waals surface area contributed by atoms with Gasteiger partial charge in [0.1, 0.15) is 0 Å². The summed E-state index contributed by atoms with van der Waals surface area (Å²) >= 11 is 0. The fraction of sp³-hybridized carbons (Fsp3) is 1.00. The van der Waals surface area contributed by atoms with Gasteiger partial charge < -0.3 is 4.80 Å². The Labute approximate surface area is 65.4 Å². The zero-order chi connectivity index (χ0) is 9.28. The van der Waals surface area contributed by atoms with Crippen LogP contribution < -0.4 is 0 Å². The fourth-order valence-electron chi connectivity index (χ4n) is 0.717. The van der Waals surface area contributed by atoms with Crippen LogP contribution in [0.25, 0.3) is 0 Å². The molecule has 0 heterocycles. The van der Waals surface area contributed by atoms with Gasteiger partial charge in [-0.2, -0.15) is 0 Å². The maximum atomic E-state index is 12.5. The Morgan fingerprint density at radius 2 is 1.82 bits per heavy atom. The van der Waals surface area contributed by atoms with Crippen LogP contribution in [0.1, 0.15) is 6.92 Å². The topological polar surface area (TPSA) is 20.2 Å². The lowest BCUT2D eigenvalue weighted by molar-refractivity contribution is -0.0497. The maximum absolute atomic E-state index is 12.5. The Kier molecular flexibility index (Phi) is 3.13. The second-order valence-corrected chi connectivity index (χ2v) is 7.34. The van der Waals surface area contributed by atoms with Crippen molar-refractivity contribution in [1.29, 1.82) is 0 Å². The molecule has 0 aliphatic rings. The average molecular weight is 186 g/mol. The van der Waals surface area contributed by atoms with Crippen molar-refractivity contribution in [2.45, 2.75) is 38.2 Å². The Morgan fingerprint density at radius 1 is 1.45 bits per heavy atom. The maximum Gasteiger partial charge on any atom is 0.278 e. The number of rotatable bonds is 3. The molecule has 68 valence electrons. The van der Waals surface area contributed by atoms with E-state index in [1.54, 1.807) is 0 Å². The van der Waals surface area contributed by atoms with Crippen LogP contribution in [-0.2, 0) is 0 Å². The minimum Gasteiger partial charge on any atom is -0.432 e. The monoisotopic (exact) mass is 186 g/mol. The normalized spacial score (nSPS) is 16.6. The third-order valence-corrected chi connectivity index (χ3v) is 2.59. The first-order valence-electron chi connectivity index (χ1n) is 3.39. The molecule has 0 aliphatic carbocycles. The Hall–Kier alpha value is -0.0331. The SMILES string of the molecule is CC(F)C(F)(F)C[Si](C)(C)O. The summed E-state index contributed by atoms with van der Waals surface area (Å²) in [5.41, 5.74) is 0. The van der Waals surface area contributed by atoms with Crippen molar-refractivity contribution in [2.75, 3.05) is 0 Å². The van der Waals surface area contributed by atoms with Crippen LogP contribution in [0.5, 0.6) is 0 Å². The lowest BCUT2D eigenvalue weighted by Gasteiger charge is -2.23. The number of hydrogen-bond acceptors (Lipinski definition) is 1. The first-order chi connectivity index (χ1) is 4.65. The highest BCUT2D eigenvalue weighted by Gasteiger charge is 2.42. The van der Waals surface area contributed by atoms with E-state index in [1.807, 2.05) is 0 Å². The molecule has 5 heteroatoms. The molecular weight excluding hydrogens is 173 g/mol. The van der Waals surface area contributed by atoms with Gasteiger partial charge in [-0.05, 0) is 20.0 Å². The van der Waals surface area contributed by atoms with E-state index in [1.165, 1.54) is 13.1 Å². The zero-order valence-electron chi connectivity index (χ0n) is 6.87. The van der Waals surface area contributed by atoms with E-state index in [2.05, 4.69) is 0 Å². The van der Waals surface area contributed by atoms with Gasteiger partial charge >= 0.3 is 0 Å². The smallest absolute Gasteiger partial charge is 0.278 e. The molecule has 0 saturated carbocycles. The van der Waals surface area contributed by atoms with E-state index >= 15 is 0 Å². The zero-order valence-corrected chi connectivity index (χ0v) is 7.87. The molecular formula is C6H13F3OSi. The molecule has 0 spiro atoms. The van der Waals surface area contributed by atoms with Gasteiger partial charge in [0.15, 0.2) is 14.5 Å². The van der Waals surface area contributed by atoms with E-state index < -0.39 is 26.5 Å². The summed E-state index contributed by atoms with van der Waals surface area (Å²) in [4.78, 5) is 9.09. The summed E-state index contributed by atoms with van der Waals surface area (Å²) in [6.45, 7) is 3.53. The van der Waals surface area contributed by atoms with Crippen LogP contribution in [-0.4, -0.2) is 25.2 Å². The highest BCUT2D eigenvalue weighted by Crippen LogP contribution is 2.30. The molecule has 1 nitrogen and oxygen atoms in total. The average Bonchev–Trinajstić information content (AvgIpc) is 1.56. The van der Waals surface area contributed by atoms with Gasteiger partial charge in [-0.1, -0.05) is 0 Å². The van der Waals surface area contributed by atoms with Gasteiger partial charge in [0, 0.05) is 6.04 Å². The number of alkyl halides is 3.